The number of aromatic amines is 1. The fourth-order valence-electron chi connectivity index (χ4n) is 4.86. The van der Waals surface area contributed by atoms with Gasteiger partial charge in [0.05, 0.1) is 5.92 Å². The summed E-state index contributed by atoms with van der Waals surface area (Å²) in [5, 5.41) is 2.90. The number of primary amides is 1. The molecule has 1 saturated heterocycles. The Kier molecular flexibility index (Phi) is 6.84. The second-order valence-electron chi connectivity index (χ2n) is 8.48. The maximum absolute atomic E-state index is 13.2. The van der Waals surface area contributed by atoms with Crippen LogP contribution >= 0.6 is 0 Å². The predicted octanol–water partition coefficient (Wildman–Crippen LogP) is 1.07. The number of benzene rings is 1. The summed E-state index contributed by atoms with van der Waals surface area (Å²) in [6.07, 6.45) is 6.97. The Morgan fingerprint density at radius 1 is 1.06 bits per heavy atom. The molecule has 1 aliphatic heterocycles. The van der Waals surface area contributed by atoms with E-state index in [0.717, 1.165) is 25.7 Å². The standard InChI is InChI=1S/C23H30N6O3/c24-20(30)19(16-6-2-1-3-7-16)27-22(31)17-8-4-5-9-18(17)28-12-14-29(15-13-28)23(32)21-25-10-11-26-21/h1-3,6-7,10-11,17-19H,4-5,8-9,12-15H2,(H2,24,30)(H,25,26)(H,27,31)/t17-,18-,19+/m1/s1. The number of imidazole rings is 1. The van der Waals surface area contributed by atoms with Gasteiger partial charge in [-0.2, -0.15) is 0 Å². The Morgan fingerprint density at radius 3 is 2.44 bits per heavy atom. The first-order valence-electron chi connectivity index (χ1n) is 11.2. The van der Waals surface area contributed by atoms with Gasteiger partial charge in [0.2, 0.25) is 11.8 Å². The van der Waals surface area contributed by atoms with Crippen LogP contribution in [0, 0.1) is 5.92 Å². The van der Waals surface area contributed by atoms with Crippen molar-refractivity contribution in [1.29, 1.82) is 0 Å². The quantitative estimate of drug-likeness (QED) is 0.622. The van der Waals surface area contributed by atoms with E-state index in [4.69, 9.17) is 5.73 Å². The van der Waals surface area contributed by atoms with Crippen LogP contribution in [0.5, 0.6) is 0 Å². The third-order valence-electron chi connectivity index (χ3n) is 6.54. The zero-order valence-corrected chi connectivity index (χ0v) is 18.1. The Morgan fingerprint density at radius 2 is 1.78 bits per heavy atom. The number of amides is 3. The molecule has 9 heteroatoms. The molecule has 4 N–H and O–H groups in total. The van der Waals surface area contributed by atoms with Gasteiger partial charge in [-0.1, -0.05) is 43.2 Å². The SMILES string of the molecule is NC(=O)[C@@H](NC(=O)[C@@H]1CCCC[C@H]1N1CCN(C(=O)c2ncc[nH]2)CC1)c1ccccc1. The molecule has 32 heavy (non-hydrogen) atoms. The molecule has 2 fully saturated rings. The van der Waals surface area contributed by atoms with Crippen LogP contribution in [-0.4, -0.2) is 69.7 Å². The predicted molar refractivity (Wildman–Crippen MR) is 118 cm³/mol. The number of nitrogens with zero attached hydrogens (tertiary/aromatic N) is 3. The van der Waals surface area contributed by atoms with E-state index in [1.165, 1.54) is 0 Å². The molecular formula is C23H30N6O3. The number of aromatic nitrogens is 2. The number of hydrogen-bond donors (Lipinski definition) is 3. The van der Waals surface area contributed by atoms with Crippen molar-refractivity contribution in [2.24, 2.45) is 11.7 Å². The van der Waals surface area contributed by atoms with Crippen LogP contribution in [0.4, 0.5) is 0 Å². The molecule has 1 aliphatic carbocycles. The second-order valence-corrected chi connectivity index (χ2v) is 8.48. The van der Waals surface area contributed by atoms with E-state index in [0.29, 0.717) is 37.6 Å². The zero-order chi connectivity index (χ0) is 22.5. The first kappa shape index (κ1) is 22.0. The Hall–Kier alpha value is -3.20. The molecule has 2 aromatic rings. The molecule has 4 rings (SSSR count). The summed E-state index contributed by atoms with van der Waals surface area (Å²) in [4.78, 5) is 48.9. The maximum atomic E-state index is 13.2. The average Bonchev–Trinajstić information content (AvgIpc) is 3.37. The molecule has 3 atom stereocenters. The normalized spacial score (nSPS) is 22.8. The molecule has 2 heterocycles. The summed E-state index contributed by atoms with van der Waals surface area (Å²) in [7, 11) is 0. The monoisotopic (exact) mass is 438 g/mol. The second kappa shape index (κ2) is 9.95. The van der Waals surface area contributed by atoms with Crippen molar-refractivity contribution in [2.45, 2.75) is 37.8 Å². The minimum atomic E-state index is -0.839. The highest BCUT2D eigenvalue weighted by atomic mass is 16.2. The molecule has 0 unspecified atom stereocenters. The fraction of sp³-hybridized carbons (Fsp3) is 0.478. The van der Waals surface area contributed by atoms with Crippen LogP contribution in [0.2, 0.25) is 0 Å². The third kappa shape index (κ3) is 4.83. The van der Waals surface area contributed by atoms with E-state index in [-0.39, 0.29) is 23.8 Å². The van der Waals surface area contributed by atoms with Gasteiger partial charge < -0.3 is 20.9 Å². The van der Waals surface area contributed by atoms with E-state index >= 15 is 0 Å². The number of piperazine rings is 1. The lowest BCUT2D eigenvalue weighted by atomic mass is 9.82. The highest BCUT2D eigenvalue weighted by Crippen LogP contribution is 2.30. The van der Waals surface area contributed by atoms with Gasteiger partial charge in [-0.3, -0.25) is 19.3 Å². The van der Waals surface area contributed by atoms with Gasteiger partial charge in [0, 0.05) is 44.6 Å². The minimum absolute atomic E-state index is 0.0916. The van der Waals surface area contributed by atoms with Crippen molar-refractivity contribution in [3.63, 3.8) is 0 Å². The molecule has 9 nitrogen and oxygen atoms in total. The van der Waals surface area contributed by atoms with Crippen molar-refractivity contribution >= 4 is 17.7 Å². The Bertz CT molecular complexity index is 924. The van der Waals surface area contributed by atoms with Gasteiger partial charge in [0.15, 0.2) is 5.82 Å². The molecule has 2 aliphatic rings. The van der Waals surface area contributed by atoms with Gasteiger partial charge in [-0.05, 0) is 18.4 Å². The highest BCUT2D eigenvalue weighted by molar-refractivity contribution is 5.90. The van der Waals surface area contributed by atoms with E-state index in [1.807, 2.05) is 18.2 Å². The maximum Gasteiger partial charge on any atom is 0.289 e. The lowest BCUT2D eigenvalue weighted by Gasteiger charge is -2.43. The van der Waals surface area contributed by atoms with Crippen molar-refractivity contribution in [2.75, 3.05) is 26.2 Å². The van der Waals surface area contributed by atoms with Crippen LogP contribution in [-0.2, 0) is 9.59 Å². The number of carbonyl (C=O) groups is 3. The lowest BCUT2D eigenvalue weighted by molar-refractivity contribution is -0.133. The largest absolute Gasteiger partial charge is 0.368 e. The summed E-state index contributed by atoms with van der Waals surface area (Å²) in [5.74, 6) is -0.647. The van der Waals surface area contributed by atoms with E-state index in [2.05, 4.69) is 20.2 Å². The first-order chi connectivity index (χ1) is 15.5. The van der Waals surface area contributed by atoms with E-state index < -0.39 is 11.9 Å². The molecule has 0 bridgehead atoms. The number of nitrogens with two attached hydrogens (primary N) is 1. The van der Waals surface area contributed by atoms with Crippen LogP contribution in [0.15, 0.2) is 42.7 Å². The number of nitrogens with one attached hydrogen (secondary N) is 2. The van der Waals surface area contributed by atoms with E-state index in [1.54, 1.807) is 29.4 Å². The molecule has 3 amide bonds. The van der Waals surface area contributed by atoms with Gasteiger partial charge in [-0.15, -0.1) is 0 Å². The molecule has 0 spiro atoms. The first-order valence-corrected chi connectivity index (χ1v) is 11.2. The number of H-pyrrole nitrogens is 1. The van der Waals surface area contributed by atoms with E-state index in [9.17, 15) is 14.4 Å². The van der Waals surface area contributed by atoms with Crippen molar-refractivity contribution in [3.05, 3.63) is 54.1 Å². The summed E-state index contributed by atoms with van der Waals surface area (Å²) >= 11 is 0. The number of carbonyl (C=O) groups excluding carboxylic acids is 3. The van der Waals surface area contributed by atoms with Crippen LogP contribution in [0.3, 0.4) is 0 Å². The van der Waals surface area contributed by atoms with Crippen LogP contribution in [0.25, 0.3) is 0 Å². The van der Waals surface area contributed by atoms with Crippen molar-refractivity contribution < 1.29 is 14.4 Å². The summed E-state index contributed by atoms with van der Waals surface area (Å²) in [6, 6.07) is 8.35. The van der Waals surface area contributed by atoms with Gasteiger partial charge in [0.1, 0.15) is 6.04 Å². The molecule has 0 radical (unpaired) electrons. The van der Waals surface area contributed by atoms with Gasteiger partial charge in [0.25, 0.3) is 5.91 Å². The zero-order valence-electron chi connectivity index (χ0n) is 18.1. The molecule has 170 valence electrons. The minimum Gasteiger partial charge on any atom is -0.368 e. The smallest absolute Gasteiger partial charge is 0.289 e. The lowest BCUT2D eigenvalue weighted by Crippen LogP contribution is -2.56. The van der Waals surface area contributed by atoms with Crippen LogP contribution < -0.4 is 11.1 Å². The Labute approximate surface area is 187 Å². The molecule has 1 aromatic heterocycles. The number of rotatable bonds is 6. The molecule has 1 saturated carbocycles. The summed E-state index contributed by atoms with van der Waals surface area (Å²) in [6.45, 7) is 2.61. The third-order valence-corrected chi connectivity index (χ3v) is 6.54. The Balaban J connectivity index is 1.40. The molecular weight excluding hydrogens is 408 g/mol. The topological polar surface area (TPSA) is 124 Å². The summed E-state index contributed by atoms with van der Waals surface area (Å²) < 4.78 is 0. The highest BCUT2D eigenvalue weighted by Gasteiger charge is 2.38. The summed E-state index contributed by atoms with van der Waals surface area (Å²) in [5.41, 5.74) is 6.28. The average molecular weight is 439 g/mol. The van der Waals surface area contributed by atoms with Gasteiger partial charge in [-0.25, -0.2) is 4.98 Å². The van der Waals surface area contributed by atoms with Crippen molar-refractivity contribution in [3.8, 4) is 0 Å². The molecule has 1 aromatic carbocycles. The van der Waals surface area contributed by atoms with Gasteiger partial charge >= 0.3 is 0 Å². The fourth-order valence-corrected chi connectivity index (χ4v) is 4.86. The number of hydrogen-bond acceptors (Lipinski definition) is 5. The van der Waals surface area contributed by atoms with Crippen LogP contribution in [0.1, 0.15) is 47.9 Å². The van der Waals surface area contributed by atoms with Crippen molar-refractivity contribution in [1.82, 2.24) is 25.1 Å².